The first-order valence-corrected chi connectivity index (χ1v) is 10.1. The second-order valence-electron chi connectivity index (χ2n) is 8.13. The molecule has 2 bridgehead atoms. The van der Waals surface area contributed by atoms with Crippen LogP contribution >= 0.6 is 0 Å². The standard InChI is InChI=1S/C22H24FN3O3/c1-28-18-7-3-2-5-14(18)21(27)25-11-15-16-12-26(20-17(23)6-4-10-24-20)13-22(16)9-8-19(15)29-22/h2-7,10,15-16,19H,8-9,11-13H2,1H3,(H,25,27)/t15-,16+,19+,22+/m0/s1. The molecule has 3 fully saturated rings. The molecule has 1 amide bonds. The summed E-state index contributed by atoms with van der Waals surface area (Å²) in [5.74, 6) is 0.951. The first-order chi connectivity index (χ1) is 14.1. The molecule has 0 aliphatic carbocycles. The number of ether oxygens (including phenoxy) is 2. The van der Waals surface area contributed by atoms with Gasteiger partial charge in [0.2, 0.25) is 0 Å². The van der Waals surface area contributed by atoms with E-state index < -0.39 is 0 Å². The molecule has 3 aliphatic heterocycles. The monoisotopic (exact) mass is 397 g/mol. The van der Waals surface area contributed by atoms with Gasteiger partial charge < -0.3 is 19.7 Å². The topological polar surface area (TPSA) is 63.7 Å². The Balaban J connectivity index is 1.31. The van der Waals surface area contributed by atoms with Crippen molar-refractivity contribution in [3.8, 4) is 5.75 Å². The maximum atomic E-state index is 14.3. The Hall–Kier alpha value is -2.67. The van der Waals surface area contributed by atoms with Gasteiger partial charge in [0.05, 0.1) is 24.4 Å². The highest BCUT2D eigenvalue weighted by Gasteiger charge is 2.63. The fourth-order valence-corrected chi connectivity index (χ4v) is 5.37. The molecule has 5 rings (SSSR count). The minimum absolute atomic E-state index is 0.147. The number of methoxy groups -OCH3 is 1. The minimum atomic E-state index is -0.306. The largest absolute Gasteiger partial charge is 0.496 e. The van der Waals surface area contributed by atoms with Gasteiger partial charge in [-0.25, -0.2) is 9.37 Å². The highest BCUT2D eigenvalue weighted by atomic mass is 19.1. The minimum Gasteiger partial charge on any atom is -0.496 e. The Bertz CT molecular complexity index is 939. The molecule has 1 spiro atoms. The molecule has 29 heavy (non-hydrogen) atoms. The predicted octanol–water partition coefficient (Wildman–Crippen LogP) is 2.64. The molecule has 3 aliphatic rings. The highest BCUT2D eigenvalue weighted by molar-refractivity contribution is 5.96. The molecule has 0 unspecified atom stereocenters. The maximum Gasteiger partial charge on any atom is 0.255 e. The molecule has 1 aromatic heterocycles. The molecule has 4 heterocycles. The van der Waals surface area contributed by atoms with Crippen LogP contribution in [0.25, 0.3) is 0 Å². The van der Waals surface area contributed by atoms with Crippen LogP contribution in [0.3, 0.4) is 0 Å². The van der Waals surface area contributed by atoms with Crippen molar-refractivity contribution in [2.75, 3.05) is 31.6 Å². The zero-order valence-corrected chi connectivity index (χ0v) is 16.3. The molecular weight excluding hydrogens is 373 g/mol. The van der Waals surface area contributed by atoms with Gasteiger partial charge >= 0.3 is 0 Å². The first kappa shape index (κ1) is 18.4. The number of nitrogens with one attached hydrogen (secondary N) is 1. The summed E-state index contributed by atoms with van der Waals surface area (Å²) in [6.07, 6.45) is 3.72. The number of carbonyl (C=O) groups excluding carboxylic acids is 1. The summed E-state index contributed by atoms with van der Waals surface area (Å²) in [5.41, 5.74) is 0.270. The van der Waals surface area contributed by atoms with Crippen molar-refractivity contribution in [2.24, 2.45) is 11.8 Å². The average molecular weight is 397 g/mol. The SMILES string of the molecule is COc1ccccc1C(=O)NC[C@H]1[C@H]2CN(c3ncccc3F)C[C@]23CC[C@H]1O3. The number of anilines is 1. The summed E-state index contributed by atoms with van der Waals surface area (Å²) in [5, 5.41) is 3.07. The molecule has 2 aromatic rings. The van der Waals surface area contributed by atoms with Gasteiger partial charge in [-0.05, 0) is 37.1 Å². The van der Waals surface area contributed by atoms with Gasteiger partial charge in [-0.3, -0.25) is 4.79 Å². The van der Waals surface area contributed by atoms with Gasteiger partial charge in [-0.15, -0.1) is 0 Å². The maximum absolute atomic E-state index is 14.3. The summed E-state index contributed by atoms with van der Waals surface area (Å²) >= 11 is 0. The van der Waals surface area contributed by atoms with Crippen molar-refractivity contribution in [3.63, 3.8) is 0 Å². The van der Waals surface area contributed by atoms with Crippen LogP contribution in [0.5, 0.6) is 5.75 Å². The van der Waals surface area contributed by atoms with E-state index in [0.29, 0.717) is 36.8 Å². The number of pyridine rings is 1. The summed E-state index contributed by atoms with van der Waals surface area (Å²) in [4.78, 5) is 18.9. The number of hydrogen-bond acceptors (Lipinski definition) is 5. The zero-order chi connectivity index (χ0) is 20.0. The van der Waals surface area contributed by atoms with E-state index in [1.54, 1.807) is 31.5 Å². The van der Waals surface area contributed by atoms with Crippen molar-refractivity contribution in [1.82, 2.24) is 10.3 Å². The summed E-state index contributed by atoms with van der Waals surface area (Å²) in [6.45, 7) is 1.88. The van der Waals surface area contributed by atoms with Crippen LogP contribution in [0.2, 0.25) is 0 Å². The van der Waals surface area contributed by atoms with Crippen LogP contribution in [0.4, 0.5) is 10.2 Å². The molecule has 0 radical (unpaired) electrons. The number of halogens is 1. The molecule has 0 saturated carbocycles. The van der Waals surface area contributed by atoms with E-state index in [-0.39, 0.29) is 35.3 Å². The van der Waals surface area contributed by atoms with Crippen molar-refractivity contribution < 1.29 is 18.7 Å². The van der Waals surface area contributed by atoms with Crippen LogP contribution < -0.4 is 15.0 Å². The molecule has 1 N–H and O–H groups in total. The number of nitrogens with zero attached hydrogens (tertiary/aromatic N) is 2. The predicted molar refractivity (Wildman–Crippen MR) is 106 cm³/mol. The van der Waals surface area contributed by atoms with E-state index in [2.05, 4.69) is 10.3 Å². The van der Waals surface area contributed by atoms with E-state index in [1.165, 1.54) is 6.07 Å². The Labute approximate surface area is 169 Å². The highest BCUT2D eigenvalue weighted by Crippen LogP contribution is 2.55. The number of para-hydroxylation sites is 1. The molecule has 7 heteroatoms. The molecule has 152 valence electrons. The summed E-state index contributed by atoms with van der Waals surface area (Å²) < 4.78 is 26.0. The zero-order valence-electron chi connectivity index (χ0n) is 16.3. The van der Waals surface area contributed by atoms with Crippen LogP contribution in [0.15, 0.2) is 42.6 Å². The van der Waals surface area contributed by atoms with Crippen molar-refractivity contribution in [2.45, 2.75) is 24.5 Å². The van der Waals surface area contributed by atoms with Gasteiger partial charge in [0.15, 0.2) is 11.6 Å². The Morgan fingerprint density at radius 3 is 3.07 bits per heavy atom. The second kappa shape index (κ2) is 6.99. The van der Waals surface area contributed by atoms with Crippen LogP contribution in [-0.2, 0) is 4.74 Å². The normalized spacial score (nSPS) is 29.7. The third-order valence-electron chi connectivity index (χ3n) is 6.67. The first-order valence-electron chi connectivity index (χ1n) is 10.1. The smallest absolute Gasteiger partial charge is 0.255 e. The Morgan fingerprint density at radius 1 is 1.38 bits per heavy atom. The molecule has 3 saturated heterocycles. The third-order valence-corrected chi connectivity index (χ3v) is 6.67. The van der Waals surface area contributed by atoms with Gasteiger partial charge in [0.25, 0.3) is 5.91 Å². The number of aromatic nitrogens is 1. The van der Waals surface area contributed by atoms with E-state index in [4.69, 9.17) is 9.47 Å². The fourth-order valence-electron chi connectivity index (χ4n) is 5.37. The lowest BCUT2D eigenvalue weighted by molar-refractivity contribution is 0.0141. The molecule has 4 atom stereocenters. The van der Waals surface area contributed by atoms with Gasteiger partial charge in [-0.2, -0.15) is 0 Å². The Morgan fingerprint density at radius 2 is 2.24 bits per heavy atom. The molecule has 1 aromatic carbocycles. The number of carbonyl (C=O) groups is 1. The average Bonchev–Trinajstić information content (AvgIpc) is 3.41. The lowest BCUT2D eigenvalue weighted by Crippen LogP contribution is -2.42. The summed E-state index contributed by atoms with van der Waals surface area (Å²) in [6, 6.07) is 10.2. The van der Waals surface area contributed by atoms with E-state index in [1.807, 2.05) is 17.0 Å². The van der Waals surface area contributed by atoms with Gasteiger partial charge in [0.1, 0.15) is 5.75 Å². The third kappa shape index (κ3) is 2.95. The fraction of sp³-hybridized carbons (Fsp3) is 0.455. The number of amides is 1. The molecular formula is C22H24FN3O3. The Kier molecular flexibility index (Phi) is 4.42. The van der Waals surface area contributed by atoms with Crippen molar-refractivity contribution in [1.29, 1.82) is 0 Å². The van der Waals surface area contributed by atoms with Crippen LogP contribution in [0, 0.1) is 17.7 Å². The number of benzene rings is 1. The lowest BCUT2D eigenvalue weighted by atomic mass is 9.73. The number of fused-ring (bicyclic) bond motifs is 1. The van der Waals surface area contributed by atoms with Crippen LogP contribution in [0.1, 0.15) is 23.2 Å². The van der Waals surface area contributed by atoms with E-state index in [0.717, 1.165) is 12.8 Å². The second-order valence-corrected chi connectivity index (χ2v) is 8.13. The number of rotatable bonds is 5. The molecule has 6 nitrogen and oxygen atoms in total. The van der Waals surface area contributed by atoms with E-state index in [9.17, 15) is 9.18 Å². The van der Waals surface area contributed by atoms with E-state index >= 15 is 0 Å². The van der Waals surface area contributed by atoms with Crippen LogP contribution in [-0.4, -0.2) is 49.3 Å². The quantitative estimate of drug-likeness (QED) is 0.840. The summed E-state index contributed by atoms with van der Waals surface area (Å²) in [7, 11) is 1.56. The number of hydrogen-bond donors (Lipinski definition) is 1. The van der Waals surface area contributed by atoms with Gasteiger partial charge in [0, 0.05) is 37.7 Å². The van der Waals surface area contributed by atoms with Crippen molar-refractivity contribution >= 4 is 11.7 Å². The van der Waals surface area contributed by atoms with Crippen molar-refractivity contribution in [3.05, 3.63) is 54.0 Å². The lowest BCUT2D eigenvalue weighted by Gasteiger charge is -2.29. The van der Waals surface area contributed by atoms with Gasteiger partial charge in [-0.1, -0.05) is 12.1 Å².